The van der Waals surface area contributed by atoms with Gasteiger partial charge < -0.3 is 0 Å². The minimum Gasteiger partial charge on any atom is -0.206 e. The van der Waals surface area contributed by atoms with Gasteiger partial charge in [-0.3, -0.25) is 0 Å². The molecule has 0 aromatic heterocycles. The molecule has 0 aliphatic carbocycles. The van der Waals surface area contributed by atoms with E-state index in [2.05, 4.69) is 32.0 Å². The Labute approximate surface area is 134 Å². The standard InChI is InChI=1S/C21H27F/c1-3-5-6-7-8-9-18-12-15-20(21(22)16-18)19-13-10-17(4-2)11-14-19/h10-16H,3-9H2,1-2H3. The number of unbranched alkanes of at least 4 members (excludes halogenated alkanes) is 4. The fourth-order valence-electron chi connectivity index (χ4n) is 2.80. The first-order valence-electron chi connectivity index (χ1n) is 8.62. The van der Waals surface area contributed by atoms with Gasteiger partial charge in [-0.15, -0.1) is 0 Å². The lowest BCUT2D eigenvalue weighted by Crippen LogP contribution is -1.91. The van der Waals surface area contributed by atoms with Crippen LogP contribution in [0, 0.1) is 5.82 Å². The van der Waals surface area contributed by atoms with Crippen LogP contribution in [0.3, 0.4) is 0 Å². The molecule has 0 nitrogen and oxygen atoms in total. The second-order valence-corrected chi connectivity index (χ2v) is 6.03. The number of aryl methyl sites for hydroxylation is 2. The molecule has 0 unspecified atom stereocenters. The smallest absolute Gasteiger partial charge is 0.131 e. The molecule has 0 aliphatic rings. The molecule has 0 amide bonds. The van der Waals surface area contributed by atoms with Crippen molar-refractivity contribution in [3.63, 3.8) is 0 Å². The van der Waals surface area contributed by atoms with Crippen molar-refractivity contribution in [2.45, 2.75) is 58.8 Å². The van der Waals surface area contributed by atoms with Crippen molar-refractivity contribution in [2.75, 3.05) is 0 Å². The molecular formula is C21H27F. The maximum Gasteiger partial charge on any atom is 0.131 e. The van der Waals surface area contributed by atoms with E-state index in [0.29, 0.717) is 5.56 Å². The lowest BCUT2D eigenvalue weighted by molar-refractivity contribution is 0.618. The highest BCUT2D eigenvalue weighted by molar-refractivity contribution is 5.64. The van der Waals surface area contributed by atoms with Gasteiger partial charge in [0.2, 0.25) is 0 Å². The SMILES string of the molecule is CCCCCCCc1ccc(-c2ccc(CC)cc2)c(F)c1. The lowest BCUT2D eigenvalue weighted by atomic mass is 9.99. The highest BCUT2D eigenvalue weighted by Gasteiger charge is 2.06. The van der Waals surface area contributed by atoms with E-state index in [1.165, 1.54) is 31.2 Å². The summed E-state index contributed by atoms with van der Waals surface area (Å²) in [5.74, 6) is -0.102. The first-order valence-corrected chi connectivity index (χ1v) is 8.62. The summed E-state index contributed by atoms with van der Waals surface area (Å²) in [6.07, 6.45) is 8.26. The van der Waals surface area contributed by atoms with Crippen LogP contribution in [0.2, 0.25) is 0 Å². The monoisotopic (exact) mass is 298 g/mol. The second kappa shape index (κ2) is 8.73. The van der Waals surface area contributed by atoms with E-state index in [1.807, 2.05) is 18.2 Å². The summed E-state index contributed by atoms with van der Waals surface area (Å²) in [6.45, 7) is 4.35. The van der Waals surface area contributed by atoms with E-state index in [9.17, 15) is 4.39 Å². The van der Waals surface area contributed by atoms with Crippen molar-refractivity contribution in [1.29, 1.82) is 0 Å². The molecule has 0 N–H and O–H groups in total. The third kappa shape index (κ3) is 4.69. The quantitative estimate of drug-likeness (QED) is 0.484. The fraction of sp³-hybridized carbons (Fsp3) is 0.429. The van der Waals surface area contributed by atoms with Crippen LogP contribution < -0.4 is 0 Å². The van der Waals surface area contributed by atoms with E-state index < -0.39 is 0 Å². The lowest BCUT2D eigenvalue weighted by Gasteiger charge is -2.08. The average Bonchev–Trinajstić information content (AvgIpc) is 2.55. The van der Waals surface area contributed by atoms with E-state index in [-0.39, 0.29) is 5.82 Å². The predicted octanol–water partition coefficient (Wildman–Crippen LogP) is 6.57. The van der Waals surface area contributed by atoms with Gasteiger partial charge in [-0.25, -0.2) is 4.39 Å². The molecule has 2 aromatic rings. The number of benzene rings is 2. The number of hydrogen-bond acceptors (Lipinski definition) is 0. The molecular weight excluding hydrogens is 271 g/mol. The minimum atomic E-state index is -0.102. The van der Waals surface area contributed by atoms with E-state index >= 15 is 0 Å². The molecule has 0 saturated heterocycles. The molecule has 0 fully saturated rings. The zero-order chi connectivity index (χ0) is 15.8. The molecule has 0 heterocycles. The first-order chi connectivity index (χ1) is 10.7. The van der Waals surface area contributed by atoms with Gasteiger partial charge in [-0.05, 0) is 42.0 Å². The Morgan fingerprint density at radius 3 is 2.09 bits per heavy atom. The molecule has 0 saturated carbocycles. The Morgan fingerprint density at radius 1 is 0.773 bits per heavy atom. The summed E-state index contributed by atoms with van der Waals surface area (Å²) in [7, 11) is 0. The minimum absolute atomic E-state index is 0.102. The van der Waals surface area contributed by atoms with Gasteiger partial charge in [0.15, 0.2) is 0 Å². The molecule has 0 spiro atoms. The molecule has 118 valence electrons. The Hall–Kier alpha value is -1.63. The van der Waals surface area contributed by atoms with Crippen molar-refractivity contribution in [1.82, 2.24) is 0 Å². The molecule has 0 aliphatic heterocycles. The Balaban J connectivity index is 1.99. The van der Waals surface area contributed by atoms with Crippen LogP contribution in [0.25, 0.3) is 11.1 Å². The highest BCUT2D eigenvalue weighted by atomic mass is 19.1. The fourth-order valence-corrected chi connectivity index (χ4v) is 2.80. The van der Waals surface area contributed by atoms with Crippen LogP contribution in [-0.4, -0.2) is 0 Å². The van der Waals surface area contributed by atoms with Crippen molar-refractivity contribution >= 4 is 0 Å². The summed E-state index contributed by atoms with van der Waals surface area (Å²) >= 11 is 0. The molecule has 0 radical (unpaired) electrons. The third-order valence-corrected chi connectivity index (χ3v) is 4.28. The van der Waals surface area contributed by atoms with Gasteiger partial charge in [-0.2, -0.15) is 0 Å². The summed E-state index contributed by atoms with van der Waals surface area (Å²) in [5.41, 5.74) is 4.07. The number of rotatable bonds is 8. The van der Waals surface area contributed by atoms with Crippen molar-refractivity contribution in [3.05, 3.63) is 59.4 Å². The normalized spacial score (nSPS) is 10.9. The van der Waals surface area contributed by atoms with Crippen LogP contribution in [0.4, 0.5) is 4.39 Å². The molecule has 0 atom stereocenters. The second-order valence-electron chi connectivity index (χ2n) is 6.03. The summed E-state index contributed by atoms with van der Waals surface area (Å²) in [6, 6.07) is 13.9. The van der Waals surface area contributed by atoms with Crippen molar-refractivity contribution in [2.24, 2.45) is 0 Å². The average molecular weight is 298 g/mol. The van der Waals surface area contributed by atoms with Crippen LogP contribution in [0.5, 0.6) is 0 Å². The Bertz CT molecular complexity index is 569. The summed E-state index contributed by atoms with van der Waals surface area (Å²) in [5, 5.41) is 0. The van der Waals surface area contributed by atoms with Gasteiger partial charge in [0, 0.05) is 5.56 Å². The van der Waals surface area contributed by atoms with E-state index in [1.54, 1.807) is 6.07 Å². The maximum absolute atomic E-state index is 14.3. The summed E-state index contributed by atoms with van der Waals surface area (Å²) in [4.78, 5) is 0. The molecule has 1 heteroatoms. The van der Waals surface area contributed by atoms with Crippen LogP contribution in [-0.2, 0) is 12.8 Å². The predicted molar refractivity (Wildman–Crippen MR) is 93.7 cm³/mol. The maximum atomic E-state index is 14.3. The van der Waals surface area contributed by atoms with Gasteiger partial charge in [0.25, 0.3) is 0 Å². The zero-order valence-electron chi connectivity index (χ0n) is 13.9. The van der Waals surface area contributed by atoms with Crippen LogP contribution in [0.1, 0.15) is 57.1 Å². The Kier molecular flexibility index (Phi) is 6.64. The van der Waals surface area contributed by atoms with Gasteiger partial charge in [-0.1, -0.05) is 75.9 Å². The van der Waals surface area contributed by atoms with E-state index in [0.717, 1.165) is 30.4 Å². The van der Waals surface area contributed by atoms with Gasteiger partial charge >= 0.3 is 0 Å². The highest BCUT2D eigenvalue weighted by Crippen LogP contribution is 2.25. The molecule has 2 aromatic carbocycles. The molecule has 0 bridgehead atoms. The van der Waals surface area contributed by atoms with Gasteiger partial charge in [0.1, 0.15) is 5.82 Å². The largest absolute Gasteiger partial charge is 0.206 e. The van der Waals surface area contributed by atoms with Crippen molar-refractivity contribution < 1.29 is 4.39 Å². The zero-order valence-corrected chi connectivity index (χ0v) is 13.9. The van der Waals surface area contributed by atoms with E-state index in [4.69, 9.17) is 0 Å². The third-order valence-electron chi connectivity index (χ3n) is 4.28. The van der Waals surface area contributed by atoms with Crippen molar-refractivity contribution in [3.8, 4) is 11.1 Å². The molecule has 2 rings (SSSR count). The summed E-state index contributed by atoms with van der Waals surface area (Å²) < 4.78 is 14.3. The topological polar surface area (TPSA) is 0 Å². The van der Waals surface area contributed by atoms with Gasteiger partial charge in [0.05, 0.1) is 0 Å². The number of hydrogen-bond donors (Lipinski definition) is 0. The first kappa shape index (κ1) is 16.7. The molecule has 22 heavy (non-hydrogen) atoms. The van der Waals surface area contributed by atoms with Crippen LogP contribution in [0.15, 0.2) is 42.5 Å². The number of halogens is 1. The van der Waals surface area contributed by atoms with Crippen LogP contribution >= 0.6 is 0 Å². The Morgan fingerprint density at radius 2 is 1.45 bits per heavy atom.